The first kappa shape index (κ1) is 23.2. The van der Waals surface area contributed by atoms with Gasteiger partial charge in [0.2, 0.25) is 0 Å². The fraction of sp³-hybridized carbons (Fsp3) is 0.667. The summed E-state index contributed by atoms with van der Waals surface area (Å²) in [6, 6.07) is 8.25. The SMILES string of the molecule is CN=C(NCc1cccc(OCC(C)C)c1)N1CCOC(C2CCCO2)C1.I. The van der Waals surface area contributed by atoms with E-state index in [1.54, 1.807) is 0 Å². The third-order valence-electron chi connectivity index (χ3n) is 4.92. The summed E-state index contributed by atoms with van der Waals surface area (Å²) in [5.74, 6) is 2.35. The molecule has 2 fully saturated rings. The highest BCUT2D eigenvalue weighted by molar-refractivity contribution is 14.0. The van der Waals surface area contributed by atoms with Crippen LogP contribution >= 0.6 is 24.0 Å². The summed E-state index contributed by atoms with van der Waals surface area (Å²) in [5.41, 5.74) is 1.18. The van der Waals surface area contributed by atoms with Gasteiger partial charge in [0.25, 0.3) is 0 Å². The molecule has 158 valence electrons. The van der Waals surface area contributed by atoms with Crippen molar-refractivity contribution in [1.29, 1.82) is 0 Å². The minimum Gasteiger partial charge on any atom is -0.493 e. The van der Waals surface area contributed by atoms with Gasteiger partial charge in [-0.1, -0.05) is 26.0 Å². The van der Waals surface area contributed by atoms with Gasteiger partial charge in [0, 0.05) is 33.3 Å². The van der Waals surface area contributed by atoms with E-state index < -0.39 is 0 Å². The van der Waals surface area contributed by atoms with Crippen molar-refractivity contribution < 1.29 is 14.2 Å². The lowest BCUT2D eigenvalue weighted by Gasteiger charge is -2.37. The van der Waals surface area contributed by atoms with Gasteiger partial charge in [-0.05, 0) is 36.5 Å². The Balaban J connectivity index is 0.00000280. The maximum absolute atomic E-state index is 5.95. The largest absolute Gasteiger partial charge is 0.493 e. The highest BCUT2D eigenvalue weighted by atomic mass is 127. The predicted molar refractivity (Wildman–Crippen MR) is 123 cm³/mol. The number of ether oxygens (including phenoxy) is 3. The Morgan fingerprint density at radius 3 is 2.82 bits per heavy atom. The number of aliphatic imine (C=N–C) groups is 1. The first-order chi connectivity index (χ1) is 13.2. The second-order valence-corrected chi connectivity index (χ2v) is 7.66. The highest BCUT2D eigenvalue weighted by Crippen LogP contribution is 2.21. The number of halogens is 1. The zero-order chi connectivity index (χ0) is 19.1. The van der Waals surface area contributed by atoms with Crippen LogP contribution in [-0.2, 0) is 16.0 Å². The highest BCUT2D eigenvalue weighted by Gasteiger charge is 2.32. The molecule has 0 saturated carbocycles. The van der Waals surface area contributed by atoms with Crippen LogP contribution in [-0.4, -0.2) is 63.0 Å². The normalized spacial score (nSPS) is 22.9. The smallest absolute Gasteiger partial charge is 0.194 e. The number of hydrogen-bond donors (Lipinski definition) is 1. The Labute approximate surface area is 186 Å². The minimum absolute atomic E-state index is 0. The zero-order valence-electron chi connectivity index (χ0n) is 17.2. The maximum Gasteiger partial charge on any atom is 0.194 e. The van der Waals surface area contributed by atoms with Crippen molar-refractivity contribution in [2.45, 2.75) is 45.4 Å². The monoisotopic (exact) mass is 503 g/mol. The van der Waals surface area contributed by atoms with Crippen molar-refractivity contribution in [3.05, 3.63) is 29.8 Å². The van der Waals surface area contributed by atoms with Crippen molar-refractivity contribution in [3.8, 4) is 5.75 Å². The molecule has 0 radical (unpaired) electrons. The summed E-state index contributed by atoms with van der Waals surface area (Å²) in [6.45, 7) is 8.99. The number of nitrogens with zero attached hydrogens (tertiary/aromatic N) is 2. The van der Waals surface area contributed by atoms with Crippen LogP contribution in [0.15, 0.2) is 29.3 Å². The van der Waals surface area contributed by atoms with Gasteiger partial charge >= 0.3 is 0 Å². The van der Waals surface area contributed by atoms with Gasteiger partial charge in [-0.25, -0.2) is 0 Å². The molecule has 1 N–H and O–H groups in total. The number of rotatable bonds is 6. The van der Waals surface area contributed by atoms with Gasteiger partial charge < -0.3 is 24.4 Å². The van der Waals surface area contributed by atoms with Crippen LogP contribution in [0, 0.1) is 5.92 Å². The lowest BCUT2D eigenvalue weighted by atomic mass is 10.1. The van der Waals surface area contributed by atoms with Gasteiger partial charge in [-0.2, -0.15) is 0 Å². The molecule has 2 unspecified atom stereocenters. The molecule has 3 rings (SSSR count). The standard InChI is InChI=1S/C21H33N3O3.HI/c1-16(2)15-27-18-7-4-6-17(12-18)13-23-21(22-3)24-9-11-26-20(14-24)19-8-5-10-25-19;/h4,6-7,12,16,19-20H,5,8-11,13-15H2,1-3H3,(H,22,23);1H. The topological polar surface area (TPSA) is 55.3 Å². The van der Waals surface area contributed by atoms with Gasteiger partial charge in [-0.3, -0.25) is 4.99 Å². The molecule has 2 heterocycles. The number of nitrogens with one attached hydrogen (secondary N) is 1. The third-order valence-corrected chi connectivity index (χ3v) is 4.92. The van der Waals surface area contributed by atoms with Crippen LogP contribution in [0.25, 0.3) is 0 Å². The molecule has 2 aliphatic rings. The molecule has 28 heavy (non-hydrogen) atoms. The van der Waals surface area contributed by atoms with Crippen molar-refractivity contribution in [2.24, 2.45) is 10.9 Å². The summed E-state index contributed by atoms with van der Waals surface area (Å²) in [4.78, 5) is 6.75. The average molecular weight is 503 g/mol. The molecule has 0 aliphatic carbocycles. The molecule has 2 aliphatic heterocycles. The van der Waals surface area contributed by atoms with E-state index in [-0.39, 0.29) is 36.2 Å². The molecular weight excluding hydrogens is 469 g/mol. The average Bonchev–Trinajstić information content (AvgIpc) is 3.22. The Hall–Kier alpha value is -1.06. The second kappa shape index (κ2) is 11.8. The van der Waals surface area contributed by atoms with Gasteiger partial charge in [0.05, 0.1) is 19.3 Å². The number of morpholine rings is 1. The Morgan fingerprint density at radius 2 is 2.11 bits per heavy atom. The summed E-state index contributed by atoms with van der Waals surface area (Å²) < 4.78 is 17.6. The van der Waals surface area contributed by atoms with E-state index in [4.69, 9.17) is 14.2 Å². The van der Waals surface area contributed by atoms with E-state index in [2.05, 4.69) is 41.2 Å². The number of guanidine groups is 1. The summed E-state index contributed by atoms with van der Waals surface area (Å²) in [7, 11) is 1.83. The summed E-state index contributed by atoms with van der Waals surface area (Å²) in [5, 5.41) is 3.48. The molecule has 1 aromatic rings. The maximum atomic E-state index is 5.95. The molecule has 0 amide bonds. The van der Waals surface area contributed by atoms with Gasteiger partial charge in [0.15, 0.2) is 5.96 Å². The Morgan fingerprint density at radius 1 is 1.29 bits per heavy atom. The van der Waals surface area contributed by atoms with E-state index in [9.17, 15) is 0 Å². The fourth-order valence-corrected chi connectivity index (χ4v) is 3.51. The zero-order valence-corrected chi connectivity index (χ0v) is 19.6. The van der Waals surface area contributed by atoms with Crippen molar-refractivity contribution >= 4 is 29.9 Å². The molecule has 6 nitrogen and oxygen atoms in total. The van der Waals surface area contributed by atoms with E-state index >= 15 is 0 Å². The molecule has 0 bridgehead atoms. The number of benzene rings is 1. The van der Waals surface area contributed by atoms with Gasteiger partial charge in [0.1, 0.15) is 11.9 Å². The number of hydrogen-bond acceptors (Lipinski definition) is 4. The van der Waals surface area contributed by atoms with Crippen LogP contribution < -0.4 is 10.1 Å². The predicted octanol–water partition coefficient (Wildman–Crippen LogP) is 3.29. The fourth-order valence-electron chi connectivity index (χ4n) is 3.51. The minimum atomic E-state index is 0. The van der Waals surface area contributed by atoms with Crippen molar-refractivity contribution in [2.75, 3.05) is 40.0 Å². The third kappa shape index (κ3) is 6.77. The quantitative estimate of drug-likeness (QED) is 0.367. The van der Waals surface area contributed by atoms with Crippen molar-refractivity contribution in [1.82, 2.24) is 10.2 Å². The van der Waals surface area contributed by atoms with E-state index in [1.807, 2.05) is 19.2 Å². The van der Waals surface area contributed by atoms with Crippen LogP contribution in [0.2, 0.25) is 0 Å². The summed E-state index contributed by atoms with van der Waals surface area (Å²) >= 11 is 0. The lowest BCUT2D eigenvalue weighted by molar-refractivity contribution is -0.0817. The van der Waals surface area contributed by atoms with Crippen LogP contribution in [0.4, 0.5) is 0 Å². The Bertz CT molecular complexity index is 621. The first-order valence-corrected chi connectivity index (χ1v) is 10.1. The van der Waals surface area contributed by atoms with Crippen molar-refractivity contribution in [3.63, 3.8) is 0 Å². The second-order valence-electron chi connectivity index (χ2n) is 7.66. The van der Waals surface area contributed by atoms with E-state index in [1.165, 1.54) is 5.56 Å². The molecule has 2 atom stereocenters. The van der Waals surface area contributed by atoms with Crippen LogP contribution in [0.3, 0.4) is 0 Å². The van der Waals surface area contributed by atoms with Crippen LogP contribution in [0.1, 0.15) is 32.3 Å². The first-order valence-electron chi connectivity index (χ1n) is 10.1. The lowest BCUT2D eigenvalue weighted by Crippen LogP contribution is -2.53. The van der Waals surface area contributed by atoms with Gasteiger partial charge in [-0.15, -0.1) is 24.0 Å². The molecular formula is C21H34IN3O3. The van der Waals surface area contributed by atoms with E-state index in [0.717, 1.165) is 50.9 Å². The molecule has 0 aromatic heterocycles. The molecule has 2 saturated heterocycles. The molecule has 0 spiro atoms. The van der Waals surface area contributed by atoms with E-state index in [0.29, 0.717) is 19.1 Å². The van der Waals surface area contributed by atoms with Crippen LogP contribution in [0.5, 0.6) is 5.75 Å². The molecule has 1 aromatic carbocycles. The Kier molecular flexibility index (Phi) is 9.81. The summed E-state index contributed by atoms with van der Waals surface area (Å²) in [6.07, 6.45) is 2.58. The molecule has 7 heteroatoms.